The maximum Gasteiger partial charge on any atom is 0.188 e. The van der Waals surface area contributed by atoms with E-state index in [1.165, 1.54) is 6.92 Å². The zero-order chi connectivity index (χ0) is 5.70. The molecule has 0 aromatic heterocycles. The molecule has 1 radical (unpaired) electrons. The molecular formula is C5H9O2. The zero-order valence-electron chi connectivity index (χ0n) is 4.39. The van der Waals surface area contributed by atoms with Gasteiger partial charge in [0.2, 0.25) is 0 Å². The molecule has 7 heavy (non-hydrogen) atoms. The van der Waals surface area contributed by atoms with Gasteiger partial charge in [-0.2, -0.15) is 0 Å². The fourth-order valence-electron chi connectivity index (χ4n) is 0.204. The molecule has 0 aliphatic rings. The van der Waals surface area contributed by atoms with Crippen LogP contribution in [0.2, 0.25) is 0 Å². The van der Waals surface area contributed by atoms with E-state index in [0.717, 1.165) is 0 Å². The van der Waals surface area contributed by atoms with Crippen LogP contribution in [0.1, 0.15) is 6.92 Å². The van der Waals surface area contributed by atoms with Gasteiger partial charge in [-0.1, -0.05) is 6.08 Å². The van der Waals surface area contributed by atoms with Crippen molar-refractivity contribution >= 4 is 0 Å². The van der Waals surface area contributed by atoms with E-state index in [2.05, 4.69) is 11.3 Å². The van der Waals surface area contributed by atoms with Crippen molar-refractivity contribution in [1.29, 1.82) is 0 Å². The predicted octanol–water partition coefficient (Wildman–Crippen LogP) is 0.966. The Morgan fingerprint density at radius 1 is 2.00 bits per heavy atom. The van der Waals surface area contributed by atoms with E-state index in [9.17, 15) is 5.11 Å². The summed E-state index contributed by atoms with van der Waals surface area (Å²) in [6.07, 6.45) is 0.631. The Bertz CT molecular complexity index is 50.0. The molecule has 0 bridgehead atoms. The normalized spacial score (nSPS) is 13.4. The van der Waals surface area contributed by atoms with Crippen LogP contribution in [0.25, 0.3) is 0 Å². The first-order valence-corrected chi connectivity index (χ1v) is 2.15. The molecule has 0 aromatic carbocycles. The lowest BCUT2D eigenvalue weighted by Crippen LogP contribution is -2.03. The lowest BCUT2D eigenvalue weighted by Gasteiger charge is -1.97. The third-order valence-electron chi connectivity index (χ3n) is 0.449. The highest BCUT2D eigenvalue weighted by molar-refractivity contribution is 4.63. The summed E-state index contributed by atoms with van der Waals surface area (Å²) >= 11 is 0. The van der Waals surface area contributed by atoms with Crippen LogP contribution in [0, 0.1) is 0 Å². The molecule has 0 rings (SSSR count). The summed E-state index contributed by atoms with van der Waals surface area (Å²) in [6.45, 7) is 5.17. The molecule has 0 aromatic rings. The first-order valence-electron chi connectivity index (χ1n) is 2.15. The quantitative estimate of drug-likeness (QED) is 0.384. The van der Waals surface area contributed by atoms with E-state index >= 15 is 0 Å². The van der Waals surface area contributed by atoms with Gasteiger partial charge in [0, 0.05) is 0 Å². The smallest absolute Gasteiger partial charge is 0.188 e. The van der Waals surface area contributed by atoms with Crippen molar-refractivity contribution in [3.05, 3.63) is 12.7 Å². The van der Waals surface area contributed by atoms with Crippen molar-refractivity contribution in [2.24, 2.45) is 0 Å². The number of hydrogen-bond acceptors (Lipinski definition) is 1. The third-order valence-corrected chi connectivity index (χ3v) is 0.449. The largest absolute Gasteiger partial charge is 0.346 e. The fraction of sp³-hybridized carbons (Fsp3) is 0.600. The van der Waals surface area contributed by atoms with Crippen LogP contribution < -0.4 is 0 Å². The van der Waals surface area contributed by atoms with Crippen molar-refractivity contribution in [2.45, 2.75) is 13.2 Å². The molecule has 0 N–H and O–H groups in total. The number of hydrogen-bond donors (Lipinski definition) is 0. The number of ether oxygens (including phenoxy) is 1. The second-order valence-electron chi connectivity index (χ2n) is 1.19. The predicted molar refractivity (Wildman–Crippen MR) is 26.3 cm³/mol. The molecule has 41 valence electrons. The van der Waals surface area contributed by atoms with Crippen molar-refractivity contribution < 1.29 is 9.84 Å². The summed E-state index contributed by atoms with van der Waals surface area (Å²) < 4.78 is 4.52. The molecule has 0 saturated carbocycles. The average molecular weight is 101 g/mol. The Balaban J connectivity index is 2.81. The van der Waals surface area contributed by atoms with Crippen LogP contribution >= 0.6 is 0 Å². The van der Waals surface area contributed by atoms with Crippen LogP contribution in [0.4, 0.5) is 0 Å². The minimum Gasteiger partial charge on any atom is -0.346 e. The molecule has 0 amide bonds. The standard InChI is InChI=1S/C5H9O2/c1-3-4-7-5(2)6/h3,5H,1,4H2,2H3. The van der Waals surface area contributed by atoms with E-state index in [0.29, 0.717) is 6.61 Å². The summed E-state index contributed by atoms with van der Waals surface area (Å²) in [7, 11) is 0. The van der Waals surface area contributed by atoms with Crippen LogP contribution in [-0.2, 0) is 9.84 Å². The SMILES string of the molecule is C=CCOC(C)[O]. The van der Waals surface area contributed by atoms with Gasteiger partial charge in [-0.25, -0.2) is 5.11 Å². The van der Waals surface area contributed by atoms with Crippen LogP contribution in [-0.4, -0.2) is 12.9 Å². The first kappa shape index (κ1) is 6.66. The molecule has 0 heterocycles. The van der Waals surface area contributed by atoms with E-state index < -0.39 is 6.29 Å². The summed E-state index contributed by atoms with van der Waals surface area (Å²) in [4.78, 5) is 0. The molecule has 1 atom stereocenters. The van der Waals surface area contributed by atoms with E-state index in [1.807, 2.05) is 0 Å². The molecule has 0 saturated heterocycles. The Labute approximate surface area is 43.4 Å². The van der Waals surface area contributed by atoms with Gasteiger partial charge in [0.1, 0.15) is 0 Å². The topological polar surface area (TPSA) is 29.1 Å². The monoisotopic (exact) mass is 101 g/mol. The van der Waals surface area contributed by atoms with E-state index in [4.69, 9.17) is 0 Å². The van der Waals surface area contributed by atoms with E-state index in [-0.39, 0.29) is 0 Å². The highest BCUT2D eigenvalue weighted by Gasteiger charge is 1.89. The second kappa shape index (κ2) is 3.84. The molecule has 0 fully saturated rings. The van der Waals surface area contributed by atoms with Crippen molar-refractivity contribution in [1.82, 2.24) is 0 Å². The second-order valence-corrected chi connectivity index (χ2v) is 1.19. The fourth-order valence-corrected chi connectivity index (χ4v) is 0.204. The maximum atomic E-state index is 10.0. The molecule has 0 aliphatic heterocycles. The summed E-state index contributed by atoms with van der Waals surface area (Å²) in [5, 5.41) is 10.0. The molecule has 2 nitrogen and oxygen atoms in total. The molecule has 0 aliphatic carbocycles. The van der Waals surface area contributed by atoms with Crippen LogP contribution in [0.3, 0.4) is 0 Å². The van der Waals surface area contributed by atoms with Gasteiger partial charge < -0.3 is 4.74 Å². The zero-order valence-corrected chi connectivity index (χ0v) is 4.39. The van der Waals surface area contributed by atoms with E-state index in [1.54, 1.807) is 6.08 Å². The Morgan fingerprint density at radius 3 is 2.71 bits per heavy atom. The number of rotatable bonds is 3. The van der Waals surface area contributed by atoms with Gasteiger partial charge >= 0.3 is 0 Å². The van der Waals surface area contributed by atoms with Gasteiger partial charge in [0.05, 0.1) is 6.61 Å². The van der Waals surface area contributed by atoms with Crippen molar-refractivity contribution in [2.75, 3.05) is 6.61 Å². The highest BCUT2D eigenvalue weighted by Crippen LogP contribution is 1.82. The van der Waals surface area contributed by atoms with Gasteiger partial charge in [-0.3, -0.25) is 0 Å². The third kappa shape index (κ3) is 5.66. The molecule has 2 heteroatoms. The highest BCUT2D eigenvalue weighted by atomic mass is 16.6. The van der Waals surface area contributed by atoms with Crippen LogP contribution in [0.5, 0.6) is 0 Å². The van der Waals surface area contributed by atoms with Crippen molar-refractivity contribution in [3.8, 4) is 0 Å². The van der Waals surface area contributed by atoms with Gasteiger partial charge in [0.25, 0.3) is 0 Å². The lowest BCUT2D eigenvalue weighted by molar-refractivity contribution is -0.117. The molecule has 0 spiro atoms. The average Bonchev–Trinajstić information content (AvgIpc) is 1.61. The summed E-state index contributed by atoms with van der Waals surface area (Å²) in [5.74, 6) is 0. The molecular weight excluding hydrogens is 92.1 g/mol. The summed E-state index contributed by atoms with van der Waals surface area (Å²) in [6, 6.07) is 0. The van der Waals surface area contributed by atoms with Gasteiger partial charge in [-0.05, 0) is 6.92 Å². The maximum absolute atomic E-state index is 10.0. The van der Waals surface area contributed by atoms with Gasteiger partial charge in [0.15, 0.2) is 6.29 Å². The Kier molecular flexibility index (Phi) is 3.65. The Hall–Kier alpha value is -0.340. The minimum absolute atomic E-state index is 0.352. The minimum atomic E-state index is -0.919. The summed E-state index contributed by atoms with van der Waals surface area (Å²) in [5.41, 5.74) is 0. The first-order chi connectivity index (χ1) is 3.27. The van der Waals surface area contributed by atoms with Crippen molar-refractivity contribution in [3.63, 3.8) is 0 Å². The Morgan fingerprint density at radius 2 is 2.57 bits per heavy atom. The van der Waals surface area contributed by atoms with Crippen LogP contribution in [0.15, 0.2) is 12.7 Å². The van der Waals surface area contributed by atoms with Gasteiger partial charge in [-0.15, -0.1) is 6.58 Å². The molecule has 1 unspecified atom stereocenters. The lowest BCUT2D eigenvalue weighted by atomic mass is 10.7.